The van der Waals surface area contributed by atoms with Gasteiger partial charge in [0.1, 0.15) is 0 Å². The molecule has 0 aliphatic carbocycles. The van der Waals surface area contributed by atoms with Gasteiger partial charge >= 0.3 is 11.9 Å². The zero-order valence-corrected chi connectivity index (χ0v) is 23.4. The number of aliphatic carboxylic acids is 3. The first-order chi connectivity index (χ1) is 17.0. The molecule has 0 saturated carbocycles. The molecule has 0 aromatic rings. The minimum Gasteiger partial charge on any atom is -0.550 e. The van der Waals surface area contributed by atoms with E-state index in [-0.39, 0.29) is 0 Å². The van der Waals surface area contributed by atoms with Crippen LogP contribution in [0.15, 0.2) is 12.2 Å². The Kier molecular flexibility index (Phi) is 19.1. The van der Waals surface area contributed by atoms with Crippen molar-refractivity contribution >= 4 is 17.9 Å². The second kappa shape index (κ2) is 20.2. The molecule has 0 heterocycles. The normalized spacial score (nSPS) is 15.9. The molecule has 0 radical (unpaired) electrons. The van der Waals surface area contributed by atoms with Gasteiger partial charge in [0, 0.05) is 31.1 Å². The topological polar surface area (TPSA) is 115 Å². The van der Waals surface area contributed by atoms with E-state index in [1.54, 1.807) is 20.8 Å². The number of quaternary nitrogens is 1. The quantitative estimate of drug-likeness (QED) is 0.104. The maximum atomic E-state index is 11.4. The van der Waals surface area contributed by atoms with E-state index in [1.165, 1.54) is 32.1 Å². The lowest BCUT2D eigenvalue weighted by molar-refractivity contribution is -0.929. The Morgan fingerprint density at radius 1 is 0.667 bits per heavy atom. The molecular formula is C29H53NO6. The first-order valence-electron chi connectivity index (χ1n) is 14.2. The molecule has 0 aromatic heterocycles. The molecule has 7 heteroatoms. The molecule has 2 N–H and O–H groups in total. The summed E-state index contributed by atoms with van der Waals surface area (Å²) in [6, 6.07) is 0. The summed E-state index contributed by atoms with van der Waals surface area (Å²) < 4.78 is 0.570. The predicted octanol–water partition coefficient (Wildman–Crippen LogP) is 5.28. The van der Waals surface area contributed by atoms with Crippen LogP contribution < -0.4 is 5.11 Å². The highest BCUT2D eigenvalue weighted by Crippen LogP contribution is 2.21. The van der Waals surface area contributed by atoms with Gasteiger partial charge in [-0.05, 0) is 38.5 Å². The zero-order valence-electron chi connectivity index (χ0n) is 23.4. The third-order valence-corrected chi connectivity index (χ3v) is 7.50. The summed E-state index contributed by atoms with van der Waals surface area (Å²) in [5, 5.41) is 30.1. The molecule has 36 heavy (non-hydrogen) atoms. The fourth-order valence-electron chi connectivity index (χ4n) is 4.43. The fraction of sp³-hybridized carbons (Fsp3) is 0.828. The predicted molar refractivity (Wildman–Crippen MR) is 142 cm³/mol. The van der Waals surface area contributed by atoms with Gasteiger partial charge in [-0.15, -0.1) is 0 Å². The lowest BCUT2D eigenvalue weighted by Gasteiger charge is -2.41. The number of hydrogen-bond donors (Lipinski definition) is 2. The number of hydrogen-bond acceptors (Lipinski definition) is 4. The highest BCUT2D eigenvalue weighted by atomic mass is 16.4. The van der Waals surface area contributed by atoms with Gasteiger partial charge in [-0.3, -0.25) is 9.59 Å². The van der Waals surface area contributed by atoms with E-state index in [1.807, 2.05) is 0 Å². The number of allylic oxidation sites excluding steroid dienone is 2. The highest BCUT2D eigenvalue weighted by molar-refractivity contribution is 5.69. The Hall–Kier alpha value is -1.89. The Morgan fingerprint density at radius 2 is 1.08 bits per heavy atom. The lowest BCUT2D eigenvalue weighted by atomic mass is 10.0. The summed E-state index contributed by atoms with van der Waals surface area (Å²) in [6.07, 6.45) is 17.7. The number of carboxylic acids is 3. The molecule has 0 bridgehead atoms. The van der Waals surface area contributed by atoms with Gasteiger partial charge in [-0.2, -0.15) is 0 Å². The van der Waals surface area contributed by atoms with Crippen LogP contribution in [0.4, 0.5) is 0 Å². The first kappa shape index (κ1) is 34.1. The van der Waals surface area contributed by atoms with Gasteiger partial charge < -0.3 is 24.6 Å². The second-order valence-corrected chi connectivity index (χ2v) is 10.8. The highest BCUT2D eigenvalue weighted by Gasteiger charge is 2.30. The van der Waals surface area contributed by atoms with Crippen LogP contribution in [-0.2, 0) is 14.4 Å². The van der Waals surface area contributed by atoms with E-state index >= 15 is 0 Å². The molecule has 210 valence electrons. The molecule has 0 rings (SSSR count). The average molecular weight is 512 g/mol. The van der Waals surface area contributed by atoms with E-state index in [0.717, 1.165) is 38.6 Å². The van der Waals surface area contributed by atoms with Crippen molar-refractivity contribution in [2.24, 2.45) is 17.8 Å². The Bertz CT molecular complexity index is 588. The molecule has 0 fully saturated rings. The van der Waals surface area contributed by atoms with Gasteiger partial charge in [-0.1, -0.05) is 65.5 Å². The lowest BCUT2D eigenvalue weighted by Crippen LogP contribution is -2.52. The Morgan fingerprint density at radius 3 is 1.50 bits per heavy atom. The van der Waals surface area contributed by atoms with Crippen LogP contribution in [0.1, 0.15) is 111 Å². The second-order valence-electron chi connectivity index (χ2n) is 10.8. The summed E-state index contributed by atoms with van der Waals surface area (Å²) in [7, 11) is 0. The van der Waals surface area contributed by atoms with E-state index in [4.69, 9.17) is 0 Å². The fourth-order valence-corrected chi connectivity index (χ4v) is 4.43. The van der Waals surface area contributed by atoms with Crippen LogP contribution in [-0.4, -0.2) is 58.8 Å². The summed E-state index contributed by atoms with van der Waals surface area (Å²) in [5.74, 6) is -4.35. The van der Waals surface area contributed by atoms with Crippen molar-refractivity contribution in [2.45, 2.75) is 111 Å². The van der Waals surface area contributed by atoms with Crippen molar-refractivity contribution in [1.82, 2.24) is 0 Å². The number of nitrogens with zero attached hydrogens (tertiary/aromatic N) is 1. The van der Waals surface area contributed by atoms with Crippen molar-refractivity contribution in [2.75, 3.05) is 26.2 Å². The molecule has 0 aliphatic rings. The molecular weight excluding hydrogens is 458 g/mol. The van der Waals surface area contributed by atoms with E-state index in [2.05, 4.69) is 19.1 Å². The van der Waals surface area contributed by atoms with Gasteiger partial charge in [0.25, 0.3) is 0 Å². The molecule has 0 saturated heterocycles. The van der Waals surface area contributed by atoms with Crippen molar-refractivity contribution < 1.29 is 34.2 Å². The largest absolute Gasteiger partial charge is 0.550 e. The number of unbranched alkanes of at least 4 members (excludes halogenated alkanes) is 8. The maximum Gasteiger partial charge on any atom is 0.306 e. The van der Waals surface area contributed by atoms with Crippen LogP contribution in [0.25, 0.3) is 0 Å². The van der Waals surface area contributed by atoms with Crippen molar-refractivity contribution in [3.63, 3.8) is 0 Å². The molecule has 3 atom stereocenters. The Balaban J connectivity index is 4.99. The van der Waals surface area contributed by atoms with E-state index < -0.39 is 35.7 Å². The Labute approximate surface area is 219 Å². The van der Waals surface area contributed by atoms with Gasteiger partial charge in [0.2, 0.25) is 0 Å². The standard InChI is InChI=1S/C29H53NO6/c1-5-6-7-8-9-10-11-12-13-14-15-16-20-30(21-17-24(2)27(31)32,22-18-25(3)28(33)34)23-19-26(4)29(35)36/h11-12,24-26H,5-10,13-23H2,1-4H3,(H2-,31,32,33,34,35,36)/b12-11+. The molecule has 0 aromatic carbocycles. The van der Waals surface area contributed by atoms with Gasteiger partial charge in [0.15, 0.2) is 0 Å². The number of carbonyl (C=O) groups excluding carboxylic acids is 1. The maximum absolute atomic E-state index is 11.4. The summed E-state index contributed by atoms with van der Waals surface area (Å²) >= 11 is 0. The van der Waals surface area contributed by atoms with Crippen LogP contribution in [0.2, 0.25) is 0 Å². The van der Waals surface area contributed by atoms with Crippen molar-refractivity contribution in [3.05, 3.63) is 12.2 Å². The molecule has 0 spiro atoms. The SMILES string of the molecule is CCCCCCC/C=C/CCCCC[N+](CCC(C)C(=O)[O-])(CCC(C)C(=O)O)CCC(C)C(=O)O. The summed E-state index contributed by atoms with van der Waals surface area (Å²) in [5.41, 5.74) is 0. The third-order valence-electron chi connectivity index (χ3n) is 7.50. The van der Waals surface area contributed by atoms with Crippen LogP contribution >= 0.6 is 0 Å². The molecule has 7 nitrogen and oxygen atoms in total. The third kappa shape index (κ3) is 16.7. The number of carbonyl (C=O) groups is 3. The van der Waals surface area contributed by atoms with Crippen LogP contribution in [0, 0.1) is 17.8 Å². The molecule has 0 amide bonds. The minimum atomic E-state index is -1.08. The van der Waals surface area contributed by atoms with Gasteiger partial charge in [0.05, 0.1) is 38.0 Å². The van der Waals surface area contributed by atoms with E-state index in [9.17, 15) is 29.7 Å². The summed E-state index contributed by atoms with van der Waals surface area (Å²) in [4.78, 5) is 34.2. The smallest absolute Gasteiger partial charge is 0.306 e. The molecule has 3 unspecified atom stereocenters. The first-order valence-corrected chi connectivity index (χ1v) is 14.2. The summed E-state index contributed by atoms with van der Waals surface area (Å²) in [6.45, 7) is 9.86. The molecule has 0 aliphatic heterocycles. The van der Waals surface area contributed by atoms with E-state index in [0.29, 0.717) is 43.4 Å². The van der Waals surface area contributed by atoms with Gasteiger partial charge in [-0.25, -0.2) is 0 Å². The monoisotopic (exact) mass is 511 g/mol. The minimum absolute atomic E-state index is 0.437. The van der Waals surface area contributed by atoms with Crippen LogP contribution in [0.3, 0.4) is 0 Å². The van der Waals surface area contributed by atoms with Crippen molar-refractivity contribution in [3.8, 4) is 0 Å². The number of carboxylic acid groups (broad SMARTS) is 3. The number of rotatable bonds is 24. The van der Waals surface area contributed by atoms with Crippen LogP contribution in [0.5, 0.6) is 0 Å². The van der Waals surface area contributed by atoms with Crippen molar-refractivity contribution in [1.29, 1.82) is 0 Å². The zero-order chi connectivity index (χ0) is 27.4. The average Bonchev–Trinajstić information content (AvgIpc) is 2.84.